The van der Waals surface area contributed by atoms with E-state index in [1.807, 2.05) is 29.2 Å². The number of aromatic nitrogens is 2. The minimum atomic E-state index is -0.255. The molecule has 28 heavy (non-hydrogen) atoms. The Kier molecular flexibility index (Phi) is 5.37. The maximum Gasteiger partial charge on any atom is 0.289 e. The van der Waals surface area contributed by atoms with Crippen molar-refractivity contribution in [2.24, 2.45) is 5.92 Å². The summed E-state index contributed by atoms with van der Waals surface area (Å²) in [4.78, 5) is 21.6. The monoisotopic (exact) mass is 378 g/mol. The summed E-state index contributed by atoms with van der Waals surface area (Å²) < 4.78 is 13.6. The second-order valence-electron chi connectivity index (χ2n) is 7.19. The van der Waals surface area contributed by atoms with Crippen LogP contribution >= 0.6 is 0 Å². The van der Waals surface area contributed by atoms with Crippen LogP contribution < -0.4 is 5.32 Å². The predicted octanol–water partition coefficient (Wildman–Crippen LogP) is 3.73. The Balaban J connectivity index is 1.52. The number of benzene rings is 2. The number of H-pyrrole nitrogens is 1. The van der Waals surface area contributed by atoms with Crippen molar-refractivity contribution in [3.8, 4) is 0 Å². The van der Waals surface area contributed by atoms with Crippen molar-refractivity contribution in [3.63, 3.8) is 0 Å². The Morgan fingerprint density at radius 3 is 2.82 bits per heavy atom. The normalized spacial score (nSPS) is 19.4. The quantitative estimate of drug-likeness (QED) is 0.711. The largest absolute Gasteiger partial charge is 0.382 e. The molecule has 4 rings (SSSR count). The molecule has 0 saturated carbocycles. The molecule has 2 heterocycles. The van der Waals surface area contributed by atoms with Crippen LogP contribution in [0.4, 0.5) is 10.1 Å². The van der Waals surface area contributed by atoms with Gasteiger partial charge in [0.25, 0.3) is 5.91 Å². The van der Waals surface area contributed by atoms with Gasteiger partial charge in [-0.05, 0) is 36.6 Å². The number of halogens is 1. The van der Waals surface area contributed by atoms with Crippen LogP contribution in [0.2, 0.25) is 0 Å². The highest BCUT2D eigenvalue weighted by Gasteiger charge is 2.32. The van der Waals surface area contributed by atoms with Crippen molar-refractivity contribution >= 4 is 11.6 Å². The van der Waals surface area contributed by atoms with E-state index in [2.05, 4.69) is 27.4 Å². The Labute approximate surface area is 163 Å². The van der Waals surface area contributed by atoms with Crippen molar-refractivity contribution < 1.29 is 9.18 Å². The number of likely N-dealkylation sites (tertiary alicyclic amines) is 1. The lowest BCUT2D eigenvalue weighted by atomic mass is 9.86. The highest BCUT2D eigenvalue weighted by atomic mass is 19.1. The molecule has 6 heteroatoms. The average Bonchev–Trinajstić information content (AvgIpc) is 3.24. The Morgan fingerprint density at radius 2 is 2.07 bits per heavy atom. The maximum absolute atomic E-state index is 13.6. The zero-order valence-corrected chi connectivity index (χ0v) is 15.5. The molecular formula is C22H23FN4O. The Bertz CT molecular complexity index is 913. The first-order valence-corrected chi connectivity index (χ1v) is 9.54. The fourth-order valence-corrected chi connectivity index (χ4v) is 3.85. The third-order valence-corrected chi connectivity index (χ3v) is 5.24. The lowest BCUT2D eigenvalue weighted by Crippen LogP contribution is -2.49. The summed E-state index contributed by atoms with van der Waals surface area (Å²) in [6, 6.07) is 17.0. The van der Waals surface area contributed by atoms with E-state index in [0.717, 1.165) is 18.5 Å². The zero-order chi connectivity index (χ0) is 19.3. The van der Waals surface area contributed by atoms with Gasteiger partial charge in [-0.1, -0.05) is 36.4 Å². The molecule has 1 aliphatic rings. The molecule has 0 radical (unpaired) electrons. The van der Waals surface area contributed by atoms with Gasteiger partial charge < -0.3 is 15.2 Å². The highest BCUT2D eigenvalue weighted by Crippen LogP contribution is 2.26. The lowest BCUT2D eigenvalue weighted by molar-refractivity contribution is 0.0649. The van der Waals surface area contributed by atoms with Gasteiger partial charge in [-0.25, -0.2) is 9.37 Å². The Morgan fingerprint density at radius 1 is 1.21 bits per heavy atom. The number of aromatic amines is 1. The molecular weight excluding hydrogens is 355 g/mol. The van der Waals surface area contributed by atoms with Crippen LogP contribution in [0.15, 0.2) is 67.0 Å². The predicted molar refractivity (Wildman–Crippen MR) is 107 cm³/mol. The molecule has 0 bridgehead atoms. The van der Waals surface area contributed by atoms with Crippen LogP contribution in [-0.2, 0) is 6.42 Å². The summed E-state index contributed by atoms with van der Waals surface area (Å²) in [6.07, 6.45) is 4.89. The number of hydrogen-bond acceptors (Lipinski definition) is 3. The first-order valence-electron chi connectivity index (χ1n) is 9.54. The van der Waals surface area contributed by atoms with Crippen LogP contribution in [0, 0.1) is 11.7 Å². The molecule has 0 spiro atoms. The number of amides is 1. The van der Waals surface area contributed by atoms with Crippen molar-refractivity contribution in [1.82, 2.24) is 14.9 Å². The van der Waals surface area contributed by atoms with Gasteiger partial charge in [0.15, 0.2) is 5.82 Å². The van der Waals surface area contributed by atoms with Gasteiger partial charge in [0.05, 0.1) is 0 Å². The topological polar surface area (TPSA) is 61.0 Å². The molecule has 1 fully saturated rings. The maximum atomic E-state index is 13.6. The van der Waals surface area contributed by atoms with Crippen molar-refractivity contribution in [2.75, 3.05) is 18.4 Å². The standard InChI is InChI=1S/C22H23FN4O/c23-18-7-4-8-19(14-18)26-20-9-12-27(22(28)21-24-10-11-25-21)15-17(20)13-16-5-2-1-3-6-16/h1-8,10-11,14,17,20,26H,9,12-13,15H2,(H,24,25)/t17-,20+/m0/s1. The summed E-state index contributed by atoms with van der Waals surface area (Å²) in [6.45, 7) is 1.26. The summed E-state index contributed by atoms with van der Waals surface area (Å²) in [5, 5.41) is 3.48. The Hall–Kier alpha value is -3.15. The van der Waals surface area contributed by atoms with Gasteiger partial charge in [-0.2, -0.15) is 0 Å². The molecule has 2 N–H and O–H groups in total. The summed E-state index contributed by atoms with van der Waals surface area (Å²) in [5.74, 6) is 0.246. The van der Waals surface area contributed by atoms with Crippen molar-refractivity contribution in [1.29, 1.82) is 0 Å². The highest BCUT2D eigenvalue weighted by molar-refractivity contribution is 5.90. The number of nitrogens with zero attached hydrogens (tertiary/aromatic N) is 2. The second kappa shape index (κ2) is 8.25. The number of carbonyl (C=O) groups excluding carboxylic acids is 1. The van der Waals surface area contributed by atoms with Gasteiger partial charge in [0.2, 0.25) is 0 Å². The molecule has 1 aliphatic heterocycles. The van der Waals surface area contributed by atoms with Gasteiger partial charge in [-0.3, -0.25) is 4.79 Å². The van der Waals surface area contributed by atoms with Gasteiger partial charge in [0, 0.05) is 43.1 Å². The number of carbonyl (C=O) groups is 1. The average molecular weight is 378 g/mol. The summed E-state index contributed by atoms with van der Waals surface area (Å²) in [7, 11) is 0. The summed E-state index contributed by atoms with van der Waals surface area (Å²) in [5.41, 5.74) is 2.00. The van der Waals surface area contributed by atoms with E-state index in [1.54, 1.807) is 18.5 Å². The third-order valence-electron chi connectivity index (χ3n) is 5.24. The van der Waals surface area contributed by atoms with Gasteiger partial charge >= 0.3 is 0 Å². The molecule has 0 unspecified atom stereocenters. The molecule has 3 aromatic rings. The molecule has 1 amide bonds. The van der Waals surface area contributed by atoms with Crippen LogP contribution in [-0.4, -0.2) is 39.9 Å². The van der Waals surface area contributed by atoms with Crippen molar-refractivity contribution in [3.05, 3.63) is 84.2 Å². The first-order chi connectivity index (χ1) is 13.7. The van der Waals surface area contributed by atoms with Crippen LogP contribution in [0.5, 0.6) is 0 Å². The third kappa shape index (κ3) is 4.22. The molecule has 2 atom stereocenters. The molecule has 1 saturated heterocycles. The molecule has 2 aromatic carbocycles. The minimum Gasteiger partial charge on any atom is -0.382 e. The minimum absolute atomic E-state index is 0.0766. The SMILES string of the molecule is O=C(c1ncc[nH]1)N1CC[C@@H](Nc2cccc(F)c2)[C@@H](Cc2ccccc2)C1. The number of anilines is 1. The van der Waals surface area contributed by atoms with E-state index in [9.17, 15) is 9.18 Å². The van der Waals surface area contributed by atoms with E-state index < -0.39 is 0 Å². The van der Waals surface area contributed by atoms with Crippen LogP contribution in [0.3, 0.4) is 0 Å². The number of hydrogen-bond donors (Lipinski definition) is 2. The number of piperidine rings is 1. The van der Waals surface area contributed by atoms with E-state index in [4.69, 9.17) is 0 Å². The fraction of sp³-hybridized carbons (Fsp3) is 0.273. The van der Waals surface area contributed by atoms with E-state index in [1.165, 1.54) is 17.7 Å². The molecule has 0 aliphatic carbocycles. The van der Waals surface area contributed by atoms with Crippen LogP contribution in [0.1, 0.15) is 22.6 Å². The van der Waals surface area contributed by atoms with E-state index in [-0.39, 0.29) is 23.7 Å². The van der Waals surface area contributed by atoms with Crippen LogP contribution in [0.25, 0.3) is 0 Å². The lowest BCUT2D eigenvalue weighted by Gasteiger charge is -2.39. The van der Waals surface area contributed by atoms with E-state index in [0.29, 0.717) is 18.9 Å². The van der Waals surface area contributed by atoms with Gasteiger partial charge in [-0.15, -0.1) is 0 Å². The molecule has 5 nitrogen and oxygen atoms in total. The fourth-order valence-electron chi connectivity index (χ4n) is 3.85. The molecule has 1 aromatic heterocycles. The summed E-state index contributed by atoms with van der Waals surface area (Å²) >= 11 is 0. The van der Waals surface area contributed by atoms with Gasteiger partial charge in [0.1, 0.15) is 5.82 Å². The molecule has 144 valence electrons. The second-order valence-corrected chi connectivity index (χ2v) is 7.19. The number of rotatable bonds is 5. The first kappa shape index (κ1) is 18.2. The van der Waals surface area contributed by atoms with Crippen molar-refractivity contribution in [2.45, 2.75) is 18.9 Å². The number of imidazole rings is 1. The van der Waals surface area contributed by atoms with E-state index >= 15 is 0 Å². The smallest absolute Gasteiger partial charge is 0.289 e. The zero-order valence-electron chi connectivity index (χ0n) is 15.5. The number of nitrogens with one attached hydrogen (secondary N) is 2.